The second-order valence-corrected chi connectivity index (χ2v) is 6.48. The van der Waals surface area contributed by atoms with Crippen molar-refractivity contribution in [2.75, 3.05) is 0 Å². The standard InChI is InChI=1S/C14H18O5/c1-7(15)4-8-5-10(16)13-6-9(13)12(2,3)19-14(13,18)11(8)17/h4,9-10,16,18H,5-6H2,1-3H3. The lowest BCUT2D eigenvalue weighted by atomic mass is 9.73. The van der Waals surface area contributed by atoms with Gasteiger partial charge in [-0.1, -0.05) is 0 Å². The topological polar surface area (TPSA) is 83.8 Å². The highest BCUT2D eigenvalue weighted by Crippen LogP contribution is 2.75. The quantitative estimate of drug-likeness (QED) is 0.669. The van der Waals surface area contributed by atoms with Gasteiger partial charge in [0.15, 0.2) is 5.78 Å². The molecule has 5 heteroatoms. The Labute approximate surface area is 111 Å². The molecule has 0 aromatic carbocycles. The first-order valence-corrected chi connectivity index (χ1v) is 6.52. The van der Waals surface area contributed by atoms with Crippen LogP contribution in [0.4, 0.5) is 0 Å². The van der Waals surface area contributed by atoms with Crippen LogP contribution in [0.5, 0.6) is 0 Å². The van der Waals surface area contributed by atoms with E-state index in [1.807, 2.05) is 13.8 Å². The zero-order chi connectivity index (χ0) is 14.2. The van der Waals surface area contributed by atoms with Crippen LogP contribution in [0.15, 0.2) is 11.6 Å². The van der Waals surface area contributed by atoms with Crippen LogP contribution in [-0.4, -0.2) is 39.3 Å². The summed E-state index contributed by atoms with van der Waals surface area (Å²) in [6, 6.07) is 0. The Hall–Kier alpha value is -1.04. The lowest BCUT2D eigenvalue weighted by Gasteiger charge is -2.40. The Morgan fingerprint density at radius 2 is 2.11 bits per heavy atom. The summed E-state index contributed by atoms with van der Waals surface area (Å²) < 4.78 is 5.58. The van der Waals surface area contributed by atoms with E-state index in [1.165, 1.54) is 13.0 Å². The van der Waals surface area contributed by atoms with E-state index in [0.717, 1.165) is 0 Å². The summed E-state index contributed by atoms with van der Waals surface area (Å²) >= 11 is 0. The largest absolute Gasteiger partial charge is 0.392 e. The van der Waals surface area contributed by atoms with Crippen LogP contribution in [-0.2, 0) is 14.3 Å². The third-order valence-electron chi connectivity index (χ3n) is 4.87. The van der Waals surface area contributed by atoms with Crippen molar-refractivity contribution < 1.29 is 24.5 Å². The molecule has 2 N–H and O–H groups in total. The number of hydrogen-bond acceptors (Lipinski definition) is 5. The zero-order valence-corrected chi connectivity index (χ0v) is 11.3. The maximum atomic E-state index is 12.4. The summed E-state index contributed by atoms with van der Waals surface area (Å²) in [4.78, 5) is 23.6. The SMILES string of the molecule is CC(=O)C=C1CC(O)C23CC2C(C)(C)OC3(O)C1=O. The van der Waals surface area contributed by atoms with E-state index in [9.17, 15) is 19.8 Å². The Balaban J connectivity index is 2.08. The maximum Gasteiger partial charge on any atom is 0.240 e. The van der Waals surface area contributed by atoms with Gasteiger partial charge in [0.1, 0.15) is 0 Å². The van der Waals surface area contributed by atoms with Crippen molar-refractivity contribution in [2.24, 2.45) is 11.3 Å². The Kier molecular flexibility index (Phi) is 2.28. The predicted octanol–water partition coefficient (Wildman–Crippen LogP) is 0.339. The van der Waals surface area contributed by atoms with Gasteiger partial charge in [0.05, 0.1) is 17.1 Å². The smallest absolute Gasteiger partial charge is 0.240 e. The monoisotopic (exact) mass is 266 g/mol. The fourth-order valence-electron chi connectivity index (χ4n) is 3.99. The van der Waals surface area contributed by atoms with E-state index in [1.54, 1.807) is 0 Å². The molecule has 4 atom stereocenters. The van der Waals surface area contributed by atoms with Crippen molar-refractivity contribution in [2.45, 2.75) is 51.1 Å². The number of ketones is 2. The number of ether oxygens (including phenoxy) is 1. The molecule has 3 rings (SSSR count). The third-order valence-corrected chi connectivity index (χ3v) is 4.87. The van der Waals surface area contributed by atoms with Crippen LogP contribution in [0, 0.1) is 11.3 Å². The van der Waals surface area contributed by atoms with Crippen LogP contribution in [0.2, 0.25) is 0 Å². The van der Waals surface area contributed by atoms with Crippen molar-refractivity contribution in [3.8, 4) is 0 Å². The number of carbonyl (C=O) groups excluding carboxylic acids is 2. The number of allylic oxidation sites excluding steroid dienone is 1. The maximum absolute atomic E-state index is 12.4. The summed E-state index contributed by atoms with van der Waals surface area (Å²) in [5.41, 5.74) is -1.38. The van der Waals surface area contributed by atoms with Crippen molar-refractivity contribution in [3.63, 3.8) is 0 Å². The first-order valence-electron chi connectivity index (χ1n) is 6.52. The molecule has 1 saturated heterocycles. The predicted molar refractivity (Wildman–Crippen MR) is 65.0 cm³/mol. The molecule has 5 nitrogen and oxygen atoms in total. The third kappa shape index (κ3) is 1.35. The van der Waals surface area contributed by atoms with Gasteiger partial charge in [-0.2, -0.15) is 0 Å². The van der Waals surface area contributed by atoms with Gasteiger partial charge in [-0.05, 0) is 33.3 Å². The van der Waals surface area contributed by atoms with E-state index in [-0.39, 0.29) is 23.7 Å². The van der Waals surface area contributed by atoms with Crippen molar-refractivity contribution in [3.05, 3.63) is 11.6 Å². The number of aliphatic hydroxyl groups excluding tert-OH is 1. The van der Waals surface area contributed by atoms with Crippen molar-refractivity contribution >= 4 is 11.6 Å². The van der Waals surface area contributed by atoms with E-state index in [2.05, 4.69) is 0 Å². The molecule has 0 amide bonds. The number of Topliss-reactive ketones (excluding diaryl/α,β-unsaturated/α-hetero) is 1. The van der Waals surface area contributed by atoms with Gasteiger partial charge in [0.25, 0.3) is 0 Å². The second-order valence-electron chi connectivity index (χ2n) is 6.48. The molecule has 1 spiro atoms. The van der Waals surface area contributed by atoms with E-state index >= 15 is 0 Å². The van der Waals surface area contributed by atoms with Crippen LogP contribution in [0.3, 0.4) is 0 Å². The Bertz CT molecular complexity index is 520. The minimum atomic E-state index is -1.99. The molecule has 0 aromatic rings. The number of aliphatic hydroxyl groups is 2. The van der Waals surface area contributed by atoms with Crippen LogP contribution < -0.4 is 0 Å². The van der Waals surface area contributed by atoms with Gasteiger partial charge >= 0.3 is 0 Å². The highest BCUT2D eigenvalue weighted by Gasteiger charge is 2.84. The Morgan fingerprint density at radius 1 is 1.47 bits per heavy atom. The van der Waals surface area contributed by atoms with Gasteiger partial charge in [-0.15, -0.1) is 0 Å². The average Bonchev–Trinajstić information content (AvgIpc) is 2.97. The molecule has 1 heterocycles. The lowest BCUT2D eigenvalue weighted by molar-refractivity contribution is -0.255. The molecule has 4 unspecified atom stereocenters. The first-order chi connectivity index (χ1) is 8.65. The van der Waals surface area contributed by atoms with Gasteiger partial charge in [-0.25, -0.2) is 0 Å². The lowest BCUT2D eigenvalue weighted by Crippen LogP contribution is -2.57. The average molecular weight is 266 g/mol. The molecule has 3 aliphatic rings. The first kappa shape index (κ1) is 13.0. The fourth-order valence-corrected chi connectivity index (χ4v) is 3.99. The molecule has 3 fully saturated rings. The summed E-state index contributed by atoms with van der Waals surface area (Å²) in [6.45, 7) is 4.97. The van der Waals surface area contributed by atoms with Crippen LogP contribution in [0.1, 0.15) is 33.6 Å². The van der Waals surface area contributed by atoms with E-state index < -0.39 is 28.7 Å². The molecular weight excluding hydrogens is 248 g/mol. The molecule has 2 saturated carbocycles. The minimum absolute atomic E-state index is 0.0252. The summed E-state index contributed by atoms with van der Waals surface area (Å²) in [6.07, 6.45) is 1.02. The molecule has 104 valence electrons. The van der Waals surface area contributed by atoms with Crippen LogP contribution in [0.25, 0.3) is 0 Å². The molecule has 2 aliphatic carbocycles. The highest BCUT2D eigenvalue weighted by molar-refractivity contribution is 6.07. The number of carbonyl (C=O) groups is 2. The van der Waals surface area contributed by atoms with Gasteiger partial charge in [0.2, 0.25) is 11.6 Å². The van der Waals surface area contributed by atoms with Crippen LogP contribution >= 0.6 is 0 Å². The van der Waals surface area contributed by atoms with E-state index in [0.29, 0.717) is 6.42 Å². The van der Waals surface area contributed by atoms with E-state index in [4.69, 9.17) is 4.74 Å². The zero-order valence-electron chi connectivity index (χ0n) is 11.3. The minimum Gasteiger partial charge on any atom is -0.392 e. The summed E-state index contributed by atoms with van der Waals surface area (Å²) in [7, 11) is 0. The Morgan fingerprint density at radius 3 is 2.63 bits per heavy atom. The normalized spacial score (nSPS) is 48.9. The molecule has 0 aromatic heterocycles. The molecular formula is C14H18O5. The molecule has 0 radical (unpaired) electrons. The van der Waals surface area contributed by atoms with Crippen molar-refractivity contribution in [1.82, 2.24) is 0 Å². The summed E-state index contributed by atoms with van der Waals surface area (Å²) in [5, 5.41) is 21.0. The van der Waals surface area contributed by atoms with Gasteiger partial charge in [0, 0.05) is 17.9 Å². The highest BCUT2D eigenvalue weighted by atomic mass is 16.7. The van der Waals surface area contributed by atoms with Crippen molar-refractivity contribution in [1.29, 1.82) is 0 Å². The molecule has 19 heavy (non-hydrogen) atoms. The fraction of sp³-hybridized carbons (Fsp3) is 0.714. The second kappa shape index (κ2) is 3.34. The van der Waals surface area contributed by atoms with Gasteiger partial charge < -0.3 is 14.9 Å². The number of rotatable bonds is 1. The molecule has 0 bridgehead atoms. The molecule has 1 aliphatic heterocycles. The summed E-state index contributed by atoms with van der Waals surface area (Å²) in [5.74, 6) is -2.86. The number of hydrogen-bond donors (Lipinski definition) is 2. The van der Waals surface area contributed by atoms with Gasteiger partial charge in [-0.3, -0.25) is 9.59 Å².